The molecule has 12 aliphatic rings. The molecule has 16 rings (SSSR count). The van der Waals surface area contributed by atoms with Gasteiger partial charge >= 0.3 is 0 Å². The van der Waals surface area contributed by atoms with Crippen LogP contribution in [0.1, 0.15) is 535 Å². The lowest BCUT2D eigenvalue weighted by molar-refractivity contribution is -0.113. The zero-order valence-corrected chi connectivity index (χ0v) is 93.5. The van der Waals surface area contributed by atoms with Crippen LogP contribution in [0.15, 0.2) is 72.8 Å². The Labute approximate surface area is 794 Å². The molecule has 0 nitrogen and oxygen atoms in total. The van der Waals surface area contributed by atoms with Gasteiger partial charge in [-0.3, -0.25) is 0 Å². The average molecular weight is 1740 g/mol. The van der Waals surface area contributed by atoms with Crippen LogP contribution >= 0.6 is 0 Å². The van der Waals surface area contributed by atoms with E-state index in [1.54, 1.807) is 70.6 Å². The maximum atomic E-state index is 9.00. The molecule has 722 valence electrons. The molecule has 0 saturated heterocycles. The molecule has 0 heteroatoms. The van der Waals surface area contributed by atoms with Crippen LogP contribution in [0.2, 0.25) is 0 Å². The van der Waals surface area contributed by atoms with Crippen molar-refractivity contribution in [2.24, 2.45) is 127 Å². The summed E-state index contributed by atoms with van der Waals surface area (Å²) in [4.78, 5) is 0. The zero-order chi connectivity index (χ0) is 99.0. The van der Waals surface area contributed by atoms with Crippen LogP contribution in [0, 0.1) is 127 Å². The molecule has 0 amide bonds. The molecule has 0 N–H and O–H groups in total. The predicted octanol–water partition coefficient (Wildman–Crippen LogP) is 40.5. The molecule has 2 unspecified atom stereocenters. The highest BCUT2D eigenvalue weighted by Gasteiger charge is 2.56. The highest BCUT2D eigenvalue weighted by Crippen LogP contribution is 2.67. The van der Waals surface area contributed by atoms with Gasteiger partial charge in [0.25, 0.3) is 0 Å². The van der Waals surface area contributed by atoms with Crippen LogP contribution in [-0.2, 0) is 43.3 Å². The molecular formula is C126H218. The van der Waals surface area contributed by atoms with Gasteiger partial charge in [-0.05, 0) is 352 Å². The van der Waals surface area contributed by atoms with E-state index in [0.29, 0.717) is 33.5 Å². The fraction of sp³-hybridized carbons (Fsp3) is 0.810. The number of hydrogen-bond donors (Lipinski definition) is 0. The highest BCUT2D eigenvalue weighted by atomic mass is 14.6. The second kappa shape index (κ2) is 42.4. The minimum Gasteiger partial charge on any atom is -0.0654 e. The monoisotopic (exact) mass is 1730 g/mol. The molecule has 12 aliphatic carbocycles. The van der Waals surface area contributed by atoms with Crippen LogP contribution in [0.4, 0.5) is 0 Å². The first-order chi connectivity index (χ1) is 58.1. The Morgan fingerprint density at radius 2 is 0.611 bits per heavy atom. The van der Waals surface area contributed by atoms with E-state index in [-0.39, 0.29) is 66.0 Å². The van der Waals surface area contributed by atoms with Crippen LogP contribution in [-0.4, -0.2) is 0 Å². The average Bonchev–Trinajstić information content (AvgIpc) is 0.716. The van der Waals surface area contributed by atoms with Crippen LogP contribution in [0.25, 0.3) is 22.3 Å². The Morgan fingerprint density at radius 1 is 0.317 bits per heavy atom. The van der Waals surface area contributed by atoms with E-state index >= 15 is 0 Å². The van der Waals surface area contributed by atoms with Gasteiger partial charge in [0.05, 0.1) is 0 Å². The van der Waals surface area contributed by atoms with Crippen LogP contribution < -0.4 is 0 Å². The van der Waals surface area contributed by atoms with Gasteiger partial charge < -0.3 is 0 Å². The fourth-order valence-corrected chi connectivity index (χ4v) is 26.1. The van der Waals surface area contributed by atoms with E-state index in [2.05, 4.69) is 377 Å². The van der Waals surface area contributed by atoms with E-state index < -0.39 is 6.37 Å². The van der Waals surface area contributed by atoms with E-state index in [0.717, 1.165) is 89.8 Å². The fourth-order valence-electron chi connectivity index (χ4n) is 26.1. The van der Waals surface area contributed by atoms with Gasteiger partial charge in [0, 0.05) is 4.11 Å². The lowest BCUT2D eigenvalue weighted by Crippen LogP contribution is -2.51. The van der Waals surface area contributed by atoms with Crippen molar-refractivity contribution in [1.29, 1.82) is 0 Å². The molecule has 12 bridgehead atoms. The summed E-state index contributed by atoms with van der Waals surface area (Å²) in [5.41, 5.74) is 20.6. The summed E-state index contributed by atoms with van der Waals surface area (Å²) in [5.74, 6) is 13.3. The molecule has 12 fully saturated rings. The maximum Gasteiger partial charge on any atom is 0.0314 e. The van der Waals surface area contributed by atoms with Gasteiger partial charge in [-0.15, -0.1) is 0 Å². The first kappa shape index (κ1) is 107. The largest absolute Gasteiger partial charge is 0.0654 e. The minimum atomic E-state index is -1.04. The van der Waals surface area contributed by atoms with Crippen molar-refractivity contribution in [2.75, 3.05) is 0 Å². The quantitative estimate of drug-likeness (QED) is 0.148. The summed E-state index contributed by atoms with van der Waals surface area (Å²) in [6.45, 7) is 108. The van der Waals surface area contributed by atoms with Gasteiger partial charge in [0.15, 0.2) is 0 Å². The molecule has 4 aromatic rings. The van der Waals surface area contributed by atoms with Gasteiger partial charge in [0.2, 0.25) is 0 Å². The van der Waals surface area contributed by atoms with Gasteiger partial charge in [-0.25, -0.2) is 0 Å². The standard InChI is InChI=1S/C38H54.C18H30.3C14H24.2C11H24.C6H14/c1-34(2,3)27-19-25(20-28(23-27)35(4,5)6)31-17-16-18-32(33(31)38(13,14)15)26-21-29(36(7,8)9)24-30(22-26)37(10,11)12;1-16(2,3)13-11-10-12-14(17(4,5)6)15(13)18(7,8)9;1-13(2,3)14-7-10-4-11(8-14)6-12(5-10)9-14;2*1-14(2,3)13-11-5-9-4-10(7-11)8-12(13)6-9;2*1-6-8-10(7-2)9-11(3,4)5;1-5-6(2,3)4/h16-24H,1-15H3;10-12H,1-9H3;10-12H,4-9H2,1-3H3;2*9-13H,4-8H2,1-3H3;2*10H,6-9H2,1-5H3;5H2,1-4H3/i;;;13D;;9D2;;. The first-order valence-electron chi connectivity index (χ1n) is 54.7. The van der Waals surface area contributed by atoms with Crippen molar-refractivity contribution in [2.45, 2.75) is 529 Å². The predicted molar refractivity (Wildman–Crippen MR) is 569 cm³/mol. The van der Waals surface area contributed by atoms with E-state index in [4.69, 9.17) is 4.11 Å². The number of benzene rings is 4. The molecule has 12 saturated carbocycles. The summed E-state index contributed by atoms with van der Waals surface area (Å²) in [5, 5.41) is 0. The Morgan fingerprint density at radius 3 is 0.849 bits per heavy atom. The topological polar surface area (TPSA) is 0 Å². The highest BCUT2D eigenvalue weighted by molar-refractivity contribution is 5.82. The smallest absolute Gasteiger partial charge is 0.0314 e. The Kier molecular flexibility index (Phi) is 35.9. The number of rotatable bonds is 10. The third kappa shape index (κ3) is 32.3. The van der Waals surface area contributed by atoms with Crippen molar-refractivity contribution in [3.63, 3.8) is 0 Å². The SMILES string of the molecule is CC(C)(C)C12CC3CC(CC(C3)C1)C2.CC(C)(C)C1C2CC3CC(C2)CC1C3.CC(C)(C)c1cc(-c2cccc(-c3cc(C(C)(C)C)cc(C(C)(C)C)c3)c2C(C)(C)C)cc(C(C)(C)C)c1.CC(C)(C)c1cccc(C(C)(C)C)c1C(C)(C)C.CCC(C)(C)C.CCCC(CC)CC(C)(C)C.[2H]C([2H])(C(CC)CCC)C(C)(C)C.[2H]C1(C(C)(C)C)C2CC3CC(C2)CC1C3. The summed E-state index contributed by atoms with van der Waals surface area (Å²) in [6, 6.07) is 28.4. The van der Waals surface area contributed by atoms with Crippen molar-refractivity contribution in [3.05, 3.63) is 117 Å². The summed E-state index contributed by atoms with van der Waals surface area (Å²) in [7, 11) is 0. The Bertz CT molecular complexity index is 3820. The summed E-state index contributed by atoms with van der Waals surface area (Å²) >= 11 is 0. The van der Waals surface area contributed by atoms with E-state index in [1.807, 2.05) is 20.8 Å². The van der Waals surface area contributed by atoms with E-state index in [9.17, 15) is 0 Å². The first-order valence-corrected chi connectivity index (χ1v) is 53.2. The Hall–Kier alpha value is -3.12. The van der Waals surface area contributed by atoms with Crippen LogP contribution in [0.5, 0.6) is 0 Å². The second-order valence-electron chi connectivity index (χ2n) is 58.9. The molecular weight excluding hydrogens is 1510 g/mol. The van der Waals surface area contributed by atoms with Crippen molar-refractivity contribution in [3.8, 4) is 22.3 Å². The van der Waals surface area contributed by atoms with Crippen molar-refractivity contribution >= 4 is 0 Å². The maximum absolute atomic E-state index is 9.00. The lowest BCUT2D eigenvalue weighted by atomic mass is 9.43. The normalized spacial score (nSPS) is 27.4. The van der Waals surface area contributed by atoms with Gasteiger partial charge in [0.1, 0.15) is 0 Å². The molecule has 4 aromatic carbocycles. The molecule has 126 heavy (non-hydrogen) atoms. The Balaban J connectivity index is 0.000000241. The molecule has 0 aliphatic heterocycles. The van der Waals surface area contributed by atoms with Gasteiger partial charge in [-0.1, -0.05) is 443 Å². The third-order valence-electron chi connectivity index (χ3n) is 31.9. The van der Waals surface area contributed by atoms with Gasteiger partial charge in [-0.2, -0.15) is 0 Å². The summed E-state index contributed by atoms with van der Waals surface area (Å²) < 4.78 is 25.2. The lowest BCUT2D eigenvalue weighted by Gasteiger charge is -2.62. The molecule has 0 spiro atoms. The summed E-state index contributed by atoms with van der Waals surface area (Å²) in [6.07, 6.45) is 33.0. The van der Waals surface area contributed by atoms with Crippen molar-refractivity contribution < 1.29 is 4.11 Å². The van der Waals surface area contributed by atoms with E-state index in [1.165, 1.54) is 131 Å². The minimum absolute atomic E-state index is 0.0226. The van der Waals surface area contributed by atoms with Crippen molar-refractivity contribution in [1.82, 2.24) is 0 Å². The molecule has 0 aromatic heterocycles. The molecule has 0 radical (unpaired) electrons. The van der Waals surface area contributed by atoms with Crippen LogP contribution in [0.3, 0.4) is 0 Å². The number of hydrogen-bond acceptors (Lipinski definition) is 0. The molecule has 2 atom stereocenters. The third-order valence-corrected chi connectivity index (χ3v) is 31.9. The zero-order valence-electron chi connectivity index (χ0n) is 96.5. The second-order valence-corrected chi connectivity index (χ2v) is 58.9. The molecule has 0 heterocycles.